The number of aliphatic imine (C=N–C) groups is 1. The van der Waals surface area contributed by atoms with E-state index in [1.54, 1.807) is 23.3 Å². The second-order valence-corrected chi connectivity index (χ2v) is 5.09. The smallest absolute Gasteiger partial charge is 0.245 e. The van der Waals surface area contributed by atoms with Crippen molar-refractivity contribution in [2.45, 2.75) is 46.5 Å². The average Bonchev–Trinajstić information content (AvgIpc) is 3.07. The van der Waals surface area contributed by atoms with Gasteiger partial charge in [-0.1, -0.05) is 27.2 Å². The van der Waals surface area contributed by atoms with Crippen molar-refractivity contribution >= 4 is 12.4 Å². The van der Waals surface area contributed by atoms with Gasteiger partial charge in [0.25, 0.3) is 0 Å². The standard InChI is InChI=1S/C15H23N4O/c1-4-7-13-14(6-3)19(10-5-2,12-17-13)15(20)18-9-8-16-11-18/h8-9,11-12H,4-7,10H2,1-3H3/q+1. The monoisotopic (exact) mass is 275 g/mol. The Bertz CT molecular complexity index is 530. The summed E-state index contributed by atoms with van der Waals surface area (Å²) >= 11 is 0. The average molecular weight is 275 g/mol. The zero-order valence-corrected chi connectivity index (χ0v) is 12.5. The zero-order valence-electron chi connectivity index (χ0n) is 12.5. The van der Waals surface area contributed by atoms with Gasteiger partial charge in [-0.3, -0.25) is 0 Å². The SMILES string of the molecule is CCCC1=C(CC)[N+](CCC)(C(=O)n2ccnc2)C=N1. The van der Waals surface area contributed by atoms with Gasteiger partial charge in [0, 0.05) is 18.8 Å². The summed E-state index contributed by atoms with van der Waals surface area (Å²) in [5.41, 5.74) is 2.21. The summed E-state index contributed by atoms with van der Waals surface area (Å²) in [6.07, 6.45) is 10.5. The molecule has 2 rings (SSSR count). The molecule has 0 saturated heterocycles. The molecular weight excluding hydrogens is 252 g/mol. The molecule has 0 fully saturated rings. The van der Waals surface area contributed by atoms with Gasteiger partial charge in [-0.05, 0) is 12.8 Å². The Morgan fingerprint density at radius 3 is 2.65 bits per heavy atom. The number of hydrogen-bond donors (Lipinski definition) is 0. The van der Waals surface area contributed by atoms with Gasteiger partial charge in [0.05, 0.1) is 6.54 Å². The first kappa shape index (κ1) is 14.7. The Morgan fingerprint density at radius 1 is 1.30 bits per heavy atom. The Labute approximate surface area is 120 Å². The maximum atomic E-state index is 12.9. The van der Waals surface area contributed by atoms with Crippen molar-refractivity contribution in [1.29, 1.82) is 0 Å². The lowest BCUT2D eigenvalue weighted by Crippen LogP contribution is -2.51. The molecule has 0 aromatic carbocycles. The molecule has 5 heteroatoms. The molecule has 2 heterocycles. The lowest BCUT2D eigenvalue weighted by molar-refractivity contribution is -0.709. The van der Waals surface area contributed by atoms with E-state index >= 15 is 0 Å². The first-order chi connectivity index (χ1) is 9.69. The van der Waals surface area contributed by atoms with E-state index in [1.807, 2.05) is 6.34 Å². The van der Waals surface area contributed by atoms with Crippen LogP contribution in [0.3, 0.4) is 0 Å². The Kier molecular flexibility index (Phi) is 4.49. The molecule has 0 saturated carbocycles. The Morgan fingerprint density at radius 2 is 2.10 bits per heavy atom. The summed E-state index contributed by atoms with van der Waals surface area (Å²) in [5, 5.41) is 0. The number of rotatable bonds is 5. The molecule has 1 aromatic heterocycles. The van der Waals surface area contributed by atoms with Crippen molar-refractivity contribution in [3.8, 4) is 0 Å². The van der Waals surface area contributed by atoms with Crippen LogP contribution in [0.25, 0.3) is 0 Å². The number of allylic oxidation sites excluding steroid dienone is 2. The van der Waals surface area contributed by atoms with E-state index < -0.39 is 0 Å². The van der Waals surface area contributed by atoms with Gasteiger partial charge in [0.2, 0.25) is 6.34 Å². The molecule has 1 amide bonds. The highest BCUT2D eigenvalue weighted by Gasteiger charge is 2.44. The van der Waals surface area contributed by atoms with Gasteiger partial charge in [-0.15, -0.1) is 0 Å². The highest BCUT2D eigenvalue weighted by atomic mass is 16.2. The molecule has 5 nitrogen and oxygen atoms in total. The minimum Gasteiger partial charge on any atom is -0.245 e. The molecule has 108 valence electrons. The molecule has 1 aromatic rings. The maximum Gasteiger partial charge on any atom is 0.439 e. The van der Waals surface area contributed by atoms with Gasteiger partial charge in [0.15, 0.2) is 0 Å². The molecule has 20 heavy (non-hydrogen) atoms. The van der Waals surface area contributed by atoms with Crippen LogP contribution in [-0.4, -0.2) is 32.9 Å². The number of imidazole rings is 1. The summed E-state index contributed by atoms with van der Waals surface area (Å²) in [4.78, 5) is 21.4. The summed E-state index contributed by atoms with van der Waals surface area (Å²) in [6.45, 7) is 7.08. The molecular formula is C15H23N4O+. The summed E-state index contributed by atoms with van der Waals surface area (Å²) < 4.78 is 1.78. The molecule has 1 aliphatic heterocycles. The number of hydrogen-bond acceptors (Lipinski definition) is 3. The number of carbonyl (C=O) groups excluding carboxylic acids is 1. The number of aromatic nitrogens is 2. The zero-order chi connectivity index (χ0) is 14.6. The number of amides is 1. The van der Waals surface area contributed by atoms with E-state index in [4.69, 9.17) is 0 Å². The largest absolute Gasteiger partial charge is 0.439 e. The van der Waals surface area contributed by atoms with E-state index in [0.717, 1.165) is 43.6 Å². The lowest BCUT2D eigenvalue weighted by Gasteiger charge is -2.29. The van der Waals surface area contributed by atoms with Crippen molar-refractivity contribution in [2.75, 3.05) is 6.54 Å². The number of quaternary nitrogens is 1. The van der Waals surface area contributed by atoms with Crippen LogP contribution >= 0.6 is 0 Å². The van der Waals surface area contributed by atoms with Crippen LogP contribution in [0.5, 0.6) is 0 Å². The normalized spacial score (nSPS) is 21.8. The number of nitrogens with zero attached hydrogens (tertiary/aromatic N) is 4. The van der Waals surface area contributed by atoms with Crippen molar-refractivity contribution in [3.63, 3.8) is 0 Å². The highest BCUT2D eigenvalue weighted by molar-refractivity contribution is 5.80. The van der Waals surface area contributed by atoms with Gasteiger partial charge in [-0.2, -0.15) is 4.48 Å². The predicted octanol–water partition coefficient (Wildman–Crippen LogP) is 3.54. The van der Waals surface area contributed by atoms with Gasteiger partial charge >= 0.3 is 6.03 Å². The third-order valence-corrected chi connectivity index (χ3v) is 3.69. The quantitative estimate of drug-likeness (QED) is 0.772. The Hall–Kier alpha value is -1.75. The highest BCUT2D eigenvalue weighted by Crippen LogP contribution is 2.32. The summed E-state index contributed by atoms with van der Waals surface area (Å²) in [5.74, 6) is 0. The Balaban J connectivity index is 2.45. The molecule has 0 spiro atoms. The fourth-order valence-corrected chi connectivity index (χ4v) is 2.86. The van der Waals surface area contributed by atoms with Crippen LogP contribution in [0, 0.1) is 0 Å². The van der Waals surface area contributed by atoms with Crippen molar-refractivity contribution in [2.24, 2.45) is 4.99 Å². The minimum absolute atomic E-state index is 0.0102. The van der Waals surface area contributed by atoms with Gasteiger partial charge < -0.3 is 0 Å². The van der Waals surface area contributed by atoms with Crippen LogP contribution in [0.1, 0.15) is 46.5 Å². The minimum atomic E-state index is 0.0102. The topological polar surface area (TPSA) is 47.2 Å². The van der Waals surface area contributed by atoms with Crippen molar-refractivity contribution < 1.29 is 9.28 Å². The van der Waals surface area contributed by atoms with Crippen LogP contribution < -0.4 is 0 Å². The molecule has 1 atom stereocenters. The van der Waals surface area contributed by atoms with Crippen LogP contribution in [0.4, 0.5) is 4.79 Å². The third kappa shape index (κ3) is 2.33. The second kappa shape index (κ2) is 6.13. The van der Waals surface area contributed by atoms with E-state index in [-0.39, 0.29) is 10.5 Å². The first-order valence-corrected chi connectivity index (χ1v) is 7.38. The van der Waals surface area contributed by atoms with E-state index in [9.17, 15) is 4.79 Å². The second-order valence-electron chi connectivity index (χ2n) is 5.09. The van der Waals surface area contributed by atoms with Crippen molar-refractivity contribution in [1.82, 2.24) is 9.55 Å². The summed E-state index contributed by atoms with van der Waals surface area (Å²) in [6, 6.07) is 0.0102. The van der Waals surface area contributed by atoms with Crippen LogP contribution in [0.2, 0.25) is 0 Å². The van der Waals surface area contributed by atoms with Gasteiger partial charge in [-0.25, -0.2) is 19.3 Å². The van der Waals surface area contributed by atoms with E-state index in [2.05, 4.69) is 30.7 Å². The predicted molar refractivity (Wildman–Crippen MR) is 79.2 cm³/mol. The first-order valence-electron chi connectivity index (χ1n) is 7.38. The fraction of sp³-hybridized carbons (Fsp3) is 0.533. The fourth-order valence-electron chi connectivity index (χ4n) is 2.86. The van der Waals surface area contributed by atoms with E-state index in [1.165, 1.54) is 0 Å². The van der Waals surface area contributed by atoms with E-state index in [0.29, 0.717) is 0 Å². The maximum absolute atomic E-state index is 12.9. The third-order valence-electron chi connectivity index (χ3n) is 3.69. The molecule has 0 radical (unpaired) electrons. The summed E-state index contributed by atoms with van der Waals surface area (Å²) in [7, 11) is 0. The van der Waals surface area contributed by atoms with Crippen LogP contribution in [-0.2, 0) is 0 Å². The molecule has 0 aliphatic carbocycles. The van der Waals surface area contributed by atoms with Crippen molar-refractivity contribution in [3.05, 3.63) is 30.1 Å². The molecule has 1 unspecified atom stereocenters. The van der Waals surface area contributed by atoms with Gasteiger partial charge in [0.1, 0.15) is 17.7 Å². The molecule has 1 aliphatic rings. The molecule has 0 N–H and O–H groups in total. The lowest BCUT2D eigenvalue weighted by atomic mass is 10.1. The number of carbonyl (C=O) groups is 1. The van der Waals surface area contributed by atoms with Crippen LogP contribution in [0.15, 0.2) is 35.1 Å². The molecule has 0 bridgehead atoms.